The SMILES string of the molecule is COC(=O)[C@H](Cc1ccc(OC2CC2)cc1)NC(=O)[C@H](C)NC(=O)OC(C)(C)C. The predicted octanol–water partition coefficient (Wildman–Crippen LogP) is 2.34. The van der Waals surface area contributed by atoms with Crippen LogP contribution in [-0.4, -0.2) is 48.9 Å². The van der Waals surface area contributed by atoms with E-state index in [2.05, 4.69) is 10.6 Å². The van der Waals surface area contributed by atoms with Gasteiger partial charge in [0.05, 0.1) is 13.2 Å². The maximum absolute atomic E-state index is 12.4. The van der Waals surface area contributed by atoms with Gasteiger partial charge in [0, 0.05) is 6.42 Å². The van der Waals surface area contributed by atoms with Crippen molar-refractivity contribution in [1.29, 1.82) is 0 Å². The first kappa shape index (κ1) is 22.5. The first-order valence-corrected chi connectivity index (χ1v) is 9.70. The average Bonchev–Trinajstić information content (AvgIpc) is 3.44. The van der Waals surface area contributed by atoms with Gasteiger partial charge in [-0.25, -0.2) is 9.59 Å². The second-order valence-corrected chi connectivity index (χ2v) is 8.12. The number of benzene rings is 1. The van der Waals surface area contributed by atoms with Gasteiger partial charge in [-0.1, -0.05) is 12.1 Å². The molecule has 1 aliphatic carbocycles. The van der Waals surface area contributed by atoms with Crippen molar-refractivity contribution in [2.45, 2.75) is 70.7 Å². The largest absolute Gasteiger partial charge is 0.490 e. The number of hydrogen-bond acceptors (Lipinski definition) is 6. The molecule has 8 nitrogen and oxygen atoms in total. The Morgan fingerprint density at radius 3 is 2.24 bits per heavy atom. The molecule has 0 aliphatic heterocycles. The third-order valence-corrected chi connectivity index (χ3v) is 4.12. The molecule has 2 atom stereocenters. The summed E-state index contributed by atoms with van der Waals surface area (Å²) in [6, 6.07) is 5.62. The van der Waals surface area contributed by atoms with E-state index < -0.39 is 35.7 Å². The van der Waals surface area contributed by atoms with Crippen LogP contribution in [0.25, 0.3) is 0 Å². The lowest BCUT2D eigenvalue weighted by Crippen LogP contribution is -2.51. The van der Waals surface area contributed by atoms with E-state index in [9.17, 15) is 14.4 Å². The van der Waals surface area contributed by atoms with Gasteiger partial charge in [-0.05, 0) is 58.2 Å². The summed E-state index contributed by atoms with van der Waals surface area (Å²) in [5, 5.41) is 5.08. The van der Waals surface area contributed by atoms with Gasteiger partial charge in [0.15, 0.2) is 0 Å². The van der Waals surface area contributed by atoms with E-state index in [-0.39, 0.29) is 6.42 Å². The van der Waals surface area contributed by atoms with Gasteiger partial charge in [0.2, 0.25) is 5.91 Å². The number of nitrogens with one attached hydrogen (secondary N) is 2. The van der Waals surface area contributed by atoms with Crippen molar-refractivity contribution in [1.82, 2.24) is 10.6 Å². The molecule has 1 aliphatic rings. The van der Waals surface area contributed by atoms with Crippen LogP contribution in [0.5, 0.6) is 5.75 Å². The van der Waals surface area contributed by atoms with E-state index in [1.54, 1.807) is 20.8 Å². The molecule has 0 unspecified atom stereocenters. The van der Waals surface area contributed by atoms with Gasteiger partial charge in [-0.2, -0.15) is 0 Å². The molecule has 2 rings (SSSR count). The number of ether oxygens (including phenoxy) is 3. The monoisotopic (exact) mass is 406 g/mol. The Labute approximate surface area is 171 Å². The van der Waals surface area contributed by atoms with Crippen molar-refractivity contribution in [3.8, 4) is 5.75 Å². The molecule has 0 spiro atoms. The molecule has 8 heteroatoms. The van der Waals surface area contributed by atoms with E-state index in [1.165, 1.54) is 14.0 Å². The van der Waals surface area contributed by atoms with Crippen LogP contribution >= 0.6 is 0 Å². The number of carbonyl (C=O) groups is 3. The Balaban J connectivity index is 1.93. The van der Waals surface area contributed by atoms with Gasteiger partial charge in [-0.3, -0.25) is 4.79 Å². The average molecular weight is 406 g/mol. The molecular formula is C21H30N2O6. The van der Waals surface area contributed by atoms with Gasteiger partial charge in [0.25, 0.3) is 0 Å². The van der Waals surface area contributed by atoms with Crippen molar-refractivity contribution in [2.75, 3.05) is 7.11 Å². The van der Waals surface area contributed by atoms with E-state index in [1.807, 2.05) is 24.3 Å². The summed E-state index contributed by atoms with van der Waals surface area (Å²) in [6.45, 7) is 6.69. The minimum absolute atomic E-state index is 0.251. The van der Waals surface area contributed by atoms with Gasteiger partial charge >= 0.3 is 12.1 Å². The number of alkyl carbamates (subject to hydrolysis) is 1. The first-order chi connectivity index (χ1) is 13.6. The number of rotatable bonds is 8. The highest BCUT2D eigenvalue weighted by Crippen LogP contribution is 2.26. The lowest BCUT2D eigenvalue weighted by Gasteiger charge is -2.23. The maximum atomic E-state index is 12.4. The zero-order valence-electron chi connectivity index (χ0n) is 17.6. The lowest BCUT2D eigenvalue weighted by atomic mass is 10.1. The molecule has 2 N–H and O–H groups in total. The Morgan fingerprint density at radius 2 is 1.72 bits per heavy atom. The molecule has 1 aromatic carbocycles. The highest BCUT2D eigenvalue weighted by molar-refractivity contribution is 5.89. The van der Waals surface area contributed by atoms with Crippen LogP contribution in [0, 0.1) is 0 Å². The van der Waals surface area contributed by atoms with Gasteiger partial charge in [0.1, 0.15) is 23.4 Å². The van der Waals surface area contributed by atoms with Crippen molar-refractivity contribution < 1.29 is 28.6 Å². The van der Waals surface area contributed by atoms with Crippen molar-refractivity contribution in [3.63, 3.8) is 0 Å². The fraction of sp³-hybridized carbons (Fsp3) is 0.571. The summed E-state index contributed by atoms with van der Waals surface area (Å²) in [6.07, 6.45) is 2.01. The number of methoxy groups -OCH3 is 1. The van der Waals surface area contributed by atoms with Crippen molar-refractivity contribution >= 4 is 18.0 Å². The summed E-state index contributed by atoms with van der Waals surface area (Å²) in [7, 11) is 1.26. The first-order valence-electron chi connectivity index (χ1n) is 9.70. The zero-order valence-corrected chi connectivity index (χ0v) is 17.6. The van der Waals surface area contributed by atoms with E-state index >= 15 is 0 Å². The van der Waals surface area contributed by atoms with E-state index in [0.29, 0.717) is 6.10 Å². The molecule has 0 bridgehead atoms. The molecule has 0 radical (unpaired) electrons. The molecule has 160 valence electrons. The summed E-state index contributed by atoms with van der Waals surface area (Å²) >= 11 is 0. The fourth-order valence-corrected chi connectivity index (χ4v) is 2.50. The molecule has 2 amide bonds. The molecule has 29 heavy (non-hydrogen) atoms. The van der Waals surface area contributed by atoms with Crippen molar-refractivity contribution in [2.24, 2.45) is 0 Å². The van der Waals surface area contributed by atoms with Crippen LogP contribution in [0.3, 0.4) is 0 Å². The third kappa shape index (κ3) is 8.01. The predicted molar refractivity (Wildman–Crippen MR) is 107 cm³/mol. The smallest absolute Gasteiger partial charge is 0.408 e. The van der Waals surface area contributed by atoms with Crippen LogP contribution in [0.4, 0.5) is 4.79 Å². The molecule has 1 saturated carbocycles. The molecule has 1 fully saturated rings. The van der Waals surface area contributed by atoms with Crippen LogP contribution in [0.2, 0.25) is 0 Å². The summed E-state index contributed by atoms with van der Waals surface area (Å²) in [5.74, 6) is -0.300. The quantitative estimate of drug-likeness (QED) is 0.643. The molecule has 1 aromatic rings. The van der Waals surface area contributed by atoms with E-state index in [0.717, 1.165) is 24.2 Å². The normalized spacial score (nSPS) is 15.6. The second-order valence-electron chi connectivity index (χ2n) is 8.12. The number of amides is 2. The molecule has 0 aromatic heterocycles. The van der Waals surface area contributed by atoms with Crippen LogP contribution in [-0.2, 0) is 25.5 Å². The topological polar surface area (TPSA) is 103 Å². The Morgan fingerprint density at radius 1 is 1.10 bits per heavy atom. The Hall–Kier alpha value is -2.77. The highest BCUT2D eigenvalue weighted by Gasteiger charge is 2.27. The highest BCUT2D eigenvalue weighted by atomic mass is 16.6. The third-order valence-electron chi connectivity index (χ3n) is 4.12. The molecule has 0 saturated heterocycles. The zero-order chi connectivity index (χ0) is 21.6. The number of hydrogen-bond donors (Lipinski definition) is 2. The van der Waals surface area contributed by atoms with E-state index in [4.69, 9.17) is 14.2 Å². The van der Waals surface area contributed by atoms with Crippen LogP contribution in [0.15, 0.2) is 24.3 Å². The maximum Gasteiger partial charge on any atom is 0.408 e. The Bertz CT molecular complexity index is 722. The van der Waals surface area contributed by atoms with Crippen LogP contribution < -0.4 is 15.4 Å². The number of esters is 1. The van der Waals surface area contributed by atoms with Crippen molar-refractivity contribution in [3.05, 3.63) is 29.8 Å². The lowest BCUT2D eigenvalue weighted by molar-refractivity contribution is -0.145. The summed E-state index contributed by atoms with van der Waals surface area (Å²) in [5.41, 5.74) is 0.168. The Kier molecular flexibility index (Phi) is 7.47. The standard InChI is InChI=1S/C21H30N2O6/c1-13(22-20(26)29-21(2,3)4)18(24)23-17(19(25)27-5)12-14-6-8-15(9-7-14)28-16-10-11-16/h6-9,13,16-17H,10-12H2,1-5H3,(H,22,26)(H,23,24)/t13-,17-/m0/s1. The molecular weight excluding hydrogens is 376 g/mol. The minimum Gasteiger partial charge on any atom is -0.490 e. The summed E-state index contributed by atoms with van der Waals surface area (Å²) in [4.78, 5) is 36.4. The van der Waals surface area contributed by atoms with Gasteiger partial charge in [-0.15, -0.1) is 0 Å². The van der Waals surface area contributed by atoms with Gasteiger partial charge < -0.3 is 24.8 Å². The summed E-state index contributed by atoms with van der Waals surface area (Å²) < 4.78 is 15.7. The molecule has 0 heterocycles. The fourth-order valence-electron chi connectivity index (χ4n) is 2.50. The second kappa shape index (κ2) is 9.62. The minimum atomic E-state index is -0.884. The van der Waals surface area contributed by atoms with Crippen LogP contribution in [0.1, 0.15) is 46.1 Å². The number of carbonyl (C=O) groups excluding carboxylic acids is 3.